The summed E-state index contributed by atoms with van der Waals surface area (Å²) in [6.07, 6.45) is 0. The second kappa shape index (κ2) is 7.52. The number of piperazine rings is 1. The molecule has 5 rings (SSSR count). The lowest BCUT2D eigenvalue weighted by Gasteiger charge is -2.34. The van der Waals surface area contributed by atoms with Gasteiger partial charge in [-0.2, -0.15) is 0 Å². The van der Waals surface area contributed by atoms with Crippen molar-refractivity contribution in [2.24, 2.45) is 0 Å². The van der Waals surface area contributed by atoms with E-state index >= 15 is 0 Å². The van der Waals surface area contributed by atoms with Crippen molar-refractivity contribution in [3.8, 4) is 11.4 Å². The minimum atomic E-state index is -0.333. The number of amides is 2. The van der Waals surface area contributed by atoms with Gasteiger partial charge >= 0.3 is 0 Å². The summed E-state index contributed by atoms with van der Waals surface area (Å²) in [5.74, 6) is 0.268. The van der Waals surface area contributed by atoms with Crippen LogP contribution >= 0.6 is 0 Å². The standard InChI is InChI=1S/C23H22N6O3/c1-13(30)28-8-10-29(11-9-28)23(32)14-6-7-17-18(12-14)26-21(25-17)19-20(24)15-4-2-3-5-16(15)27-22(19)31/h2-7,12H,8-11H2,1H3,(H,25,26)(H3,24,27,31). The van der Waals surface area contributed by atoms with E-state index in [0.29, 0.717) is 59.8 Å². The third-order valence-electron chi connectivity index (χ3n) is 5.94. The Balaban J connectivity index is 1.48. The number of para-hydroxylation sites is 1. The van der Waals surface area contributed by atoms with Gasteiger partial charge < -0.3 is 25.5 Å². The topological polar surface area (TPSA) is 128 Å². The molecule has 0 unspecified atom stereocenters. The summed E-state index contributed by atoms with van der Waals surface area (Å²) in [6, 6.07) is 12.5. The molecule has 2 aromatic heterocycles. The fourth-order valence-electron chi connectivity index (χ4n) is 4.17. The number of hydrogen-bond donors (Lipinski definition) is 3. The summed E-state index contributed by atoms with van der Waals surface area (Å²) in [6.45, 7) is 3.58. The number of imidazole rings is 1. The molecule has 162 valence electrons. The number of nitrogen functional groups attached to an aromatic ring is 1. The fraction of sp³-hybridized carbons (Fsp3) is 0.217. The molecule has 0 aliphatic carbocycles. The van der Waals surface area contributed by atoms with Gasteiger partial charge in [0.25, 0.3) is 11.5 Å². The molecule has 0 bridgehead atoms. The van der Waals surface area contributed by atoms with Crippen LogP contribution in [0.2, 0.25) is 0 Å². The number of carbonyl (C=O) groups is 2. The molecule has 4 aromatic rings. The quantitative estimate of drug-likeness (QED) is 0.448. The van der Waals surface area contributed by atoms with Crippen LogP contribution in [0.15, 0.2) is 47.3 Å². The molecule has 4 N–H and O–H groups in total. The van der Waals surface area contributed by atoms with Crippen molar-refractivity contribution >= 4 is 39.4 Å². The van der Waals surface area contributed by atoms with E-state index in [-0.39, 0.29) is 22.9 Å². The number of nitrogens with zero attached hydrogens (tertiary/aromatic N) is 3. The molecule has 0 saturated carbocycles. The predicted molar refractivity (Wildman–Crippen MR) is 122 cm³/mol. The molecule has 0 spiro atoms. The van der Waals surface area contributed by atoms with Gasteiger partial charge in [0.1, 0.15) is 11.4 Å². The highest BCUT2D eigenvalue weighted by Crippen LogP contribution is 2.28. The first-order chi connectivity index (χ1) is 15.4. The molecule has 2 amide bonds. The van der Waals surface area contributed by atoms with E-state index in [1.165, 1.54) is 6.92 Å². The van der Waals surface area contributed by atoms with E-state index in [4.69, 9.17) is 5.73 Å². The maximum atomic E-state index is 13.0. The lowest BCUT2D eigenvalue weighted by molar-refractivity contribution is -0.130. The molecule has 1 aliphatic heterocycles. The fourth-order valence-corrected chi connectivity index (χ4v) is 4.17. The zero-order valence-electron chi connectivity index (χ0n) is 17.5. The number of aromatic nitrogens is 3. The van der Waals surface area contributed by atoms with Crippen LogP contribution in [0.3, 0.4) is 0 Å². The molecule has 0 radical (unpaired) electrons. The Morgan fingerprint density at radius 2 is 1.69 bits per heavy atom. The maximum absolute atomic E-state index is 13.0. The second-order valence-electron chi connectivity index (χ2n) is 7.90. The zero-order valence-corrected chi connectivity index (χ0v) is 17.5. The van der Waals surface area contributed by atoms with E-state index in [2.05, 4.69) is 15.0 Å². The molecular weight excluding hydrogens is 408 g/mol. The number of carbonyl (C=O) groups excluding carboxylic acids is 2. The number of fused-ring (bicyclic) bond motifs is 2. The molecule has 1 saturated heterocycles. The first-order valence-corrected chi connectivity index (χ1v) is 10.4. The van der Waals surface area contributed by atoms with Crippen LogP contribution in [0.1, 0.15) is 17.3 Å². The number of aromatic amines is 2. The molecule has 1 fully saturated rings. The summed E-state index contributed by atoms with van der Waals surface area (Å²) in [5.41, 5.74) is 9.05. The third-order valence-corrected chi connectivity index (χ3v) is 5.94. The Bertz CT molecular complexity index is 1430. The van der Waals surface area contributed by atoms with Gasteiger partial charge in [-0.1, -0.05) is 18.2 Å². The lowest BCUT2D eigenvalue weighted by atomic mass is 10.1. The second-order valence-corrected chi connectivity index (χ2v) is 7.90. The smallest absolute Gasteiger partial charge is 0.261 e. The Morgan fingerprint density at radius 1 is 0.969 bits per heavy atom. The van der Waals surface area contributed by atoms with Gasteiger partial charge in [0.15, 0.2) is 0 Å². The van der Waals surface area contributed by atoms with E-state index in [0.717, 1.165) is 5.39 Å². The molecule has 9 heteroatoms. The lowest BCUT2D eigenvalue weighted by Crippen LogP contribution is -2.50. The van der Waals surface area contributed by atoms with E-state index in [1.807, 2.05) is 18.2 Å². The molecule has 3 heterocycles. The number of hydrogen-bond acceptors (Lipinski definition) is 5. The van der Waals surface area contributed by atoms with Gasteiger partial charge in [0.2, 0.25) is 5.91 Å². The van der Waals surface area contributed by atoms with Crippen LogP contribution < -0.4 is 11.3 Å². The van der Waals surface area contributed by atoms with Gasteiger partial charge in [-0.05, 0) is 24.3 Å². The molecule has 2 aromatic carbocycles. The summed E-state index contributed by atoms with van der Waals surface area (Å²) in [5, 5.41) is 0.739. The number of benzene rings is 2. The Kier molecular flexibility index (Phi) is 4.66. The summed E-state index contributed by atoms with van der Waals surface area (Å²) in [7, 11) is 0. The number of H-pyrrole nitrogens is 2. The first kappa shape index (κ1) is 19.8. The van der Waals surface area contributed by atoms with Gasteiger partial charge in [-0.15, -0.1) is 0 Å². The van der Waals surface area contributed by atoms with Crippen LogP contribution in [0, 0.1) is 0 Å². The third kappa shape index (κ3) is 3.27. The summed E-state index contributed by atoms with van der Waals surface area (Å²) in [4.78, 5) is 51.2. The van der Waals surface area contributed by atoms with Gasteiger partial charge in [-0.25, -0.2) is 4.98 Å². The monoisotopic (exact) mass is 430 g/mol. The average molecular weight is 430 g/mol. The van der Waals surface area contributed by atoms with Crippen LogP contribution in [-0.2, 0) is 4.79 Å². The van der Waals surface area contributed by atoms with Crippen molar-refractivity contribution in [2.45, 2.75) is 6.92 Å². The highest BCUT2D eigenvalue weighted by Gasteiger charge is 2.24. The summed E-state index contributed by atoms with van der Waals surface area (Å²) < 4.78 is 0. The first-order valence-electron chi connectivity index (χ1n) is 10.4. The maximum Gasteiger partial charge on any atom is 0.261 e. The van der Waals surface area contributed by atoms with Crippen molar-refractivity contribution < 1.29 is 9.59 Å². The number of nitrogens with two attached hydrogens (primary N) is 1. The summed E-state index contributed by atoms with van der Waals surface area (Å²) >= 11 is 0. The van der Waals surface area contributed by atoms with Crippen LogP contribution in [-0.4, -0.2) is 62.7 Å². The minimum Gasteiger partial charge on any atom is -0.397 e. The van der Waals surface area contributed by atoms with Crippen molar-refractivity contribution in [1.82, 2.24) is 24.8 Å². The molecule has 9 nitrogen and oxygen atoms in total. The number of anilines is 1. The van der Waals surface area contributed by atoms with E-state index in [9.17, 15) is 14.4 Å². The average Bonchev–Trinajstić information content (AvgIpc) is 3.21. The number of pyridine rings is 1. The van der Waals surface area contributed by atoms with E-state index in [1.54, 1.807) is 34.1 Å². The normalized spacial score (nSPS) is 14.3. The van der Waals surface area contributed by atoms with Gasteiger partial charge in [-0.3, -0.25) is 14.4 Å². The Hall–Kier alpha value is -4.14. The van der Waals surface area contributed by atoms with Crippen LogP contribution in [0.5, 0.6) is 0 Å². The number of nitrogens with one attached hydrogen (secondary N) is 2. The van der Waals surface area contributed by atoms with Gasteiger partial charge in [0.05, 0.1) is 22.2 Å². The van der Waals surface area contributed by atoms with Crippen LogP contribution in [0.4, 0.5) is 5.69 Å². The minimum absolute atomic E-state index is 0.0199. The van der Waals surface area contributed by atoms with Gasteiger partial charge in [0, 0.05) is 44.1 Å². The van der Waals surface area contributed by atoms with Crippen molar-refractivity contribution in [3.05, 3.63) is 58.4 Å². The highest BCUT2D eigenvalue weighted by molar-refractivity contribution is 6.00. The van der Waals surface area contributed by atoms with Crippen LogP contribution in [0.25, 0.3) is 33.3 Å². The molecular formula is C23H22N6O3. The van der Waals surface area contributed by atoms with Crippen molar-refractivity contribution in [1.29, 1.82) is 0 Å². The molecule has 32 heavy (non-hydrogen) atoms. The molecule has 0 atom stereocenters. The largest absolute Gasteiger partial charge is 0.397 e. The van der Waals surface area contributed by atoms with Crippen molar-refractivity contribution in [3.63, 3.8) is 0 Å². The SMILES string of the molecule is CC(=O)N1CCN(C(=O)c2ccc3nc(-c4c(N)c5ccccc5[nH]c4=O)[nH]c3c2)CC1. The van der Waals surface area contributed by atoms with Crippen molar-refractivity contribution in [2.75, 3.05) is 31.9 Å². The van der Waals surface area contributed by atoms with E-state index < -0.39 is 0 Å². The predicted octanol–water partition coefficient (Wildman–Crippen LogP) is 1.96. The highest BCUT2D eigenvalue weighted by atomic mass is 16.2. The molecule has 1 aliphatic rings. The Labute approximate surface area is 182 Å². The Morgan fingerprint density at radius 3 is 2.44 bits per heavy atom. The number of rotatable bonds is 2. The zero-order chi connectivity index (χ0) is 22.4.